The maximum atomic E-state index is 15.5. The van der Waals surface area contributed by atoms with Crippen molar-refractivity contribution in [2.75, 3.05) is 0 Å². The predicted octanol–water partition coefficient (Wildman–Crippen LogP) is 5.80. The van der Waals surface area contributed by atoms with Gasteiger partial charge in [-0.05, 0) is 49.1 Å². The Bertz CT molecular complexity index is 1910. The average molecular weight is 483 g/mol. The molecule has 4 aromatic heterocycles. The third-order valence-electron chi connectivity index (χ3n) is 6.09. The van der Waals surface area contributed by atoms with E-state index in [0.717, 1.165) is 21.9 Å². The highest BCUT2D eigenvalue weighted by Crippen LogP contribution is 2.44. The van der Waals surface area contributed by atoms with Crippen LogP contribution < -0.4 is 4.74 Å². The second kappa shape index (κ2) is 7.58. The normalized spacial score (nSPS) is 11.5. The quantitative estimate of drug-likeness (QED) is 0.176. The zero-order valence-corrected chi connectivity index (χ0v) is 19.6. The zero-order valence-electron chi connectivity index (χ0n) is 18.9. The van der Waals surface area contributed by atoms with Crippen LogP contribution in [0.4, 0.5) is 4.39 Å². The fourth-order valence-corrected chi connectivity index (χ4v) is 4.84. The molecule has 0 aliphatic heterocycles. The van der Waals surface area contributed by atoms with Gasteiger partial charge >= 0.3 is 6.01 Å². The lowest BCUT2D eigenvalue weighted by Gasteiger charge is -2.13. The Morgan fingerprint density at radius 2 is 1.86 bits per heavy atom. The van der Waals surface area contributed by atoms with Crippen LogP contribution in [0, 0.1) is 32.0 Å². The Hall–Kier alpha value is -4.35. The molecule has 7 nitrogen and oxygen atoms in total. The fourth-order valence-electron chi connectivity index (χ4n) is 4.62. The molecule has 0 atom stereocenters. The minimum atomic E-state index is -0.585. The second-order valence-electron chi connectivity index (χ2n) is 8.25. The van der Waals surface area contributed by atoms with Crippen LogP contribution >= 0.6 is 11.6 Å². The largest absolute Gasteiger partial charge is 0.421 e. The highest BCUT2D eigenvalue weighted by Gasteiger charge is 2.23. The van der Waals surface area contributed by atoms with E-state index in [2.05, 4.69) is 25.9 Å². The number of aryl methyl sites for hydroxylation is 3. The van der Waals surface area contributed by atoms with Crippen molar-refractivity contribution >= 4 is 55.2 Å². The van der Waals surface area contributed by atoms with E-state index in [1.807, 2.05) is 24.6 Å². The maximum Gasteiger partial charge on any atom is 0.322 e. The number of ether oxygens (including phenoxy) is 1. The Balaban J connectivity index is 1.82. The SMILES string of the molecule is C#Cc1cc(C)c2c(n1)c1cc(Oc3nccc(C)n3)c(F)cc1c1c3c(Cl)ncnc3n(C)c21. The molecule has 4 heterocycles. The van der Waals surface area contributed by atoms with Crippen molar-refractivity contribution in [1.82, 2.24) is 29.5 Å². The molecule has 170 valence electrons. The third kappa shape index (κ3) is 3.09. The summed E-state index contributed by atoms with van der Waals surface area (Å²) in [5, 5.41) is 3.73. The summed E-state index contributed by atoms with van der Waals surface area (Å²) in [6, 6.07) is 6.63. The number of benzene rings is 2. The van der Waals surface area contributed by atoms with Crippen LogP contribution in [0.3, 0.4) is 0 Å². The summed E-state index contributed by atoms with van der Waals surface area (Å²) in [5.74, 6) is 1.99. The number of halogens is 2. The fraction of sp³-hybridized carbons (Fsp3) is 0.115. The minimum absolute atomic E-state index is 0.0307. The van der Waals surface area contributed by atoms with Crippen molar-refractivity contribution in [1.29, 1.82) is 0 Å². The number of hydrogen-bond acceptors (Lipinski definition) is 6. The first kappa shape index (κ1) is 21.2. The van der Waals surface area contributed by atoms with Gasteiger partial charge in [0.1, 0.15) is 22.8 Å². The van der Waals surface area contributed by atoms with Gasteiger partial charge in [-0.15, -0.1) is 6.42 Å². The highest BCUT2D eigenvalue weighted by molar-refractivity contribution is 6.40. The van der Waals surface area contributed by atoms with Crippen LogP contribution in [-0.2, 0) is 7.05 Å². The Morgan fingerprint density at radius 1 is 1.03 bits per heavy atom. The van der Waals surface area contributed by atoms with Crippen molar-refractivity contribution in [3.63, 3.8) is 0 Å². The van der Waals surface area contributed by atoms with Crippen LogP contribution in [0.25, 0.3) is 43.6 Å². The Labute approximate surface area is 203 Å². The van der Waals surface area contributed by atoms with Crippen LogP contribution in [0.15, 0.2) is 36.8 Å². The van der Waals surface area contributed by atoms with Crippen molar-refractivity contribution < 1.29 is 9.13 Å². The van der Waals surface area contributed by atoms with Gasteiger partial charge in [0.15, 0.2) is 11.6 Å². The maximum absolute atomic E-state index is 15.5. The summed E-state index contributed by atoms with van der Waals surface area (Å²) >= 11 is 6.54. The number of terminal acetylenes is 1. The molecule has 0 unspecified atom stereocenters. The Kier molecular flexibility index (Phi) is 4.59. The number of fused-ring (bicyclic) bond motifs is 8. The molecule has 9 heteroatoms. The molecule has 35 heavy (non-hydrogen) atoms. The Morgan fingerprint density at radius 3 is 2.63 bits per heavy atom. The van der Waals surface area contributed by atoms with Crippen LogP contribution in [0.1, 0.15) is 17.0 Å². The van der Waals surface area contributed by atoms with Gasteiger partial charge in [-0.3, -0.25) is 0 Å². The molecule has 2 aromatic carbocycles. The van der Waals surface area contributed by atoms with E-state index >= 15 is 4.39 Å². The number of nitrogens with zero attached hydrogens (tertiary/aromatic N) is 6. The van der Waals surface area contributed by atoms with Crippen molar-refractivity contribution in [2.45, 2.75) is 13.8 Å². The molecule has 0 fully saturated rings. The lowest BCUT2D eigenvalue weighted by molar-refractivity contribution is 0.411. The number of rotatable bonds is 2. The molecule has 6 rings (SSSR count). The molecule has 0 aliphatic carbocycles. The van der Waals surface area contributed by atoms with Gasteiger partial charge < -0.3 is 9.30 Å². The smallest absolute Gasteiger partial charge is 0.322 e. The molecular formula is C26H16ClFN6O. The third-order valence-corrected chi connectivity index (χ3v) is 6.38. The van der Waals surface area contributed by atoms with Crippen molar-refractivity contribution in [3.8, 4) is 24.1 Å². The lowest BCUT2D eigenvalue weighted by atomic mass is 9.97. The molecule has 0 N–H and O–H groups in total. The number of aromatic nitrogens is 6. The molecule has 0 radical (unpaired) electrons. The monoisotopic (exact) mass is 482 g/mol. The summed E-state index contributed by atoms with van der Waals surface area (Å²) in [5.41, 5.74) is 4.14. The second-order valence-corrected chi connectivity index (χ2v) is 8.61. The van der Waals surface area contributed by atoms with Gasteiger partial charge in [-0.2, -0.15) is 0 Å². The van der Waals surface area contributed by atoms with Gasteiger partial charge in [0.2, 0.25) is 0 Å². The first-order chi connectivity index (χ1) is 16.9. The predicted molar refractivity (Wildman–Crippen MR) is 133 cm³/mol. The zero-order chi connectivity index (χ0) is 24.4. The average Bonchev–Trinajstić information content (AvgIpc) is 3.13. The van der Waals surface area contributed by atoms with E-state index < -0.39 is 5.82 Å². The summed E-state index contributed by atoms with van der Waals surface area (Å²) < 4.78 is 23.1. The van der Waals surface area contributed by atoms with Crippen molar-refractivity contribution in [2.24, 2.45) is 7.05 Å². The van der Waals surface area contributed by atoms with E-state index in [1.54, 1.807) is 25.3 Å². The number of pyridine rings is 1. The summed E-state index contributed by atoms with van der Waals surface area (Å²) in [7, 11) is 1.89. The minimum Gasteiger partial charge on any atom is -0.421 e. The van der Waals surface area contributed by atoms with E-state index in [-0.39, 0.29) is 16.9 Å². The van der Waals surface area contributed by atoms with Crippen molar-refractivity contribution in [3.05, 3.63) is 64.7 Å². The van der Waals surface area contributed by atoms with Crippen LogP contribution in [0.2, 0.25) is 5.15 Å². The van der Waals surface area contributed by atoms with E-state index in [9.17, 15) is 0 Å². The number of hydrogen-bond donors (Lipinski definition) is 0. The van der Waals surface area contributed by atoms with Gasteiger partial charge in [-0.1, -0.05) is 17.5 Å². The van der Waals surface area contributed by atoms with Gasteiger partial charge in [0.25, 0.3) is 0 Å². The summed E-state index contributed by atoms with van der Waals surface area (Å²) in [4.78, 5) is 21.7. The van der Waals surface area contributed by atoms with Gasteiger partial charge in [-0.25, -0.2) is 29.3 Å². The molecular weight excluding hydrogens is 467 g/mol. The van der Waals surface area contributed by atoms with E-state index in [0.29, 0.717) is 38.7 Å². The lowest BCUT2D eigenvalue weighted by Crippen LogP contribution is -1.98. The highest BCUT2D eigenvalue weighted by atomic mass is 35.5. The van der Waals surface area contributed by atoms with Gasteiger partial charge in [0, 0.05) is 35.1 Å². The molecule has 0 spiro atoms. The molecule has 0 saturated heterocycles. The summed E-state index contributed by atoms with van der Waals surface area (Å²) in [6.45, 7) is 3.76. The first-order valence-electron chi connectivity index (χ1n) is 10.7. The topological polar surface area (TPSA) is 78.6 Å². The van der Waals surface area contributed by atoms with Gasteiger partial charge in [0.05, 0.1) is 16.4 Å². The van der Waals surface area contributed by atoms with E-state index in [1.165, 1.54) is 12.4 Å². The van der Waals surface area contributed by atoms with Crippen LogP contribution in [0.5, 0.6) is 11.8 Å². The summed E-state index contributed by atoms with van der Waals surface area (Å²) in [6.07, 6.45) is 8.65. The molecule has 0 amide bonds. The first-order valence-corrected chi connectivity index (χ1v) is 11.0. The molecule has 0 saturated carbocycles. The molecule has 0 aliphatic rings. The van der Waals surface area contributed by atoms with Crippen LogP contribution in [-0.4, -0.2) is 29.5 Å². The molecule has 0 bridgehead atoms. The standard InChI is InChI=1S/C26H16ClFN6O/c1-5-14-8-12(2)19-22(33-14)16-10-18(35-26-29-7-6-13(3)32-26)17(28)9-15(16)20-21-24(27)30-11-31-25(21)34(4)23(19)20/h1,6-11H,2-4H3. The van der Waals surface area contributed by atoms with E-state index in [4.69, 9.17) is 27.7 Å². The molecule has 6 aromatic rings.